The zero-order valence-electron chi connectivity index (χ0n) is 17.1. The van der Waals surface area contributed by atoms with Crippen LogP contribution in [0.3, 0.4) is 0 Å². The minimum Gasteiger partial charge on any atom is -0.444 e. The van der Waals surface area contributed by atoms with Crippen LogP contribution in [0.4, 0.5) is 4.79 Å². The lowest BCUT2D eigenvalue weighted by molar-refractivity contribution is 0.0435. The minimum atomic E-state index is -0.488. The second kappa shape index (κ2) is 9.01. The summed E-state index contributed by atoms with van der Waals surface area (Å²) >= 11 is 1.63. The van der Waals surface area contributed by atoms with Crippen LogP contribution >= 0.6 is 11.3 Å². The number of carbonyl (C=O) groups excluding carboxylic acids is 1. The number of aromatic nitrogens is 2. The van der Waals surface area contributed by atoms with Crippen LogP contribution in [0, 0.1) is 0 Å². The molecule has 7 heteroatoms. The highest BCUT2D eigenvalue weighted by Crippen LogP contribution is 2.26. The molecule has 1 N–H and O–H groups in total. The van der Waals surface area contributed by atoms with Gasteiger partial charge in [0, 0.05) is 30.2 Å². The fourth-order valence-electron chi connectivity index (χ4n) is 3.56. The van der Waals surface area contributed by atoms with Gasteiger partial charge in [-0.1, -0.05) is 12.5 Å². The summed E-state index contributed by atoms with van der Waals surface area (Å²) < 4.78 is 5.42. The lowest BCUT2D eigenvalue weighted by Gasteiger charge is -2.39. The molecule has 0 radical (unpaired) electrons. The number of piperidine rings is 1. The quantitative estimate of drug-likeness (QED) is 0.799. The second-order valence-electron chi connectivity index (χ2n) is 8.33. The summed E-state index contributed by atoms with van der Waals surface area (Å²) in [4.78, 5) is 23.8. The number of alkyl carbamates (subject to hydrolysis) is 1. The van der Waals surface area contributed by atoms with E-state index in [4.69, 9.17) is 9.72 Å². The third kappa shape index (κ3) is 5.75. The van der Waals surface area contributed by atoms with E-state index in [0.29, 0.717) is 0 Å². The van der Waals surface area contributed by atoms with E-state index in [1.165, 1.54) is 12.8 Å². The van der Waals surface area contributed by atoms with Crippen molar-refractivity contribution in [1.29, 1.82) is 0 Å². The van der Waals surface area contributed by atoms with Gasteiger partial charge in [0.2, 0.25) is 0 Å². The Labute approximate surface area is 171 Å². The number of amides is 1. The second-order valence-corrected chi connectivity index (χ2v) is 9.19. The normalized spacial score (nSPS) is 19.2. The zero-order valence-corrected chi connectivity index (χ0v) is 18.0. The Morgan fingerprint density at radius 2 is 2.21 bits per heavy atom. The first-order valence-corrected chi connectivity index (χ1v) is 10.8. The Morgan fingerprint density at radius 3 is 2.93 bits per heavy atom. The molecule has 2 atom stereocenters. The predicted octanol–water partition coefficient (Wildman–Crippen LogP) is 4.47. The van der Waals surface area contributed by atoms with Crippen LogP contribution in [0.25, 0.3) is 10.7 Å². The van der Waals surface area contributed by atoms with Crippen molar-refractivity contribution >= 4 is 17.4 Å². The number of thiazole rings is 1. The monoisotopic (exact) mass is 402 g/mol. The molecule has 1 aliphatic heterocycles. The number of nitrogens with one attached hydrogen (secondary N) is 1. The molecule has 3 heterocycles. The molecule has 1 saturated heterocycles. The lowest BCUT2D eigenvalue weighted by Crippen LogP contribution is -2.52. The predicted molar refractivity (Wildman–Crippen MR) is 112 cm³/mol. The fraction of sp³-hybridized carbons (Fsp3) is 0.571. The summed E-state index contributed by atoms with van der Waals surface area (Å²) in [6, 6.07) is 6.17. The van der Waals surface area contributed by atoms with Gasteiger partial charge >= 0.3 is 6.09 Å². The van der Waals surface area contributed by atoms with Crippen LogP contribution < -0.4 is 5.32 Å². The van der Waals surface area contributed by atoms with Crippen LogP contribution in [0.1, 0.15) is 52.7 Å². The molecule has 2 aromatic heterocycles. The molecule has 2 unspecified atom stereocenters. The van der Waals surface area contributed by atoms with Crippen molar-refractivity contribution in [3.8, 4) is 10.7 Å². The van der Waals surface area contributed by atoms with Crippen LogP contribution in [0.15, 0.2) is 29.8 Å². The highest BCUT2D eigenvalue weighted by molar-refractivity contribution is 7.13. The van der Waals surface area contributed by atoms with E-state index in [1.54, 1.807) is 17.5 Å². The molecular formula is C21H30N4O2S. The number of pyridine rings is 1. The van der Waals surface area contributed by atoms with Gasteiger partial charge in [0.05, 0.1) is 11.4 Å². The largest absolute Gasteiger partial charge is 0.444 e. The number of hydrogen-bond donors (Lipinski definition) is 1. The van der Waals surface area contributed by atoms with Gasteiger partial charge in [0.15, 0.2) is 0 Å². The first-order chi connectivity index (χ1) is 13.3. The van der Waals surface area contributed by atoms with Crippen molar-refractivity contribution < 1.29 is 9.53 Å². The van der Waals surface area contributed by atoms with Gasteiger partial charge in [0.1, 0.15) is 10.6 Å². The van der Waals surface area contributed by atoms with Gasteiger partial charge in [-0.05, 0) is 59.2 Å². The smallest absolute Gasteiger partial charge is 0.407 e. The molecule has 0 aliphatic carbocycles. The topological polar surface area (TPSA) is 67.3 Å². The van der Waals surface area contributed by atoms with Crippen LogP contribution in [0.2, 0.25) is 0 Å². The molecule has 0 saturated carbocycles. The van der Waals surface area contributed by atoms with Gasteiger partial charge in [-0.25, -0.2) is 9.78 Å². The summed E-state index contributed by atoms with van der Waals surface area (Å²) in [6.45, 7) is 9.51. The molecule has 28 heavy (non-hydrogen) atoms. The molecule has 1 amide bonds. The van der Waals surface area contributed by atoms with E-state index in [9.17, 15) is 4.79 Å². The Hall–Kier alpha value is -1.99. The number of hydrogen-bond acceptors (Lipinski definition) is 6. The van der Waals surface area contributed by atoms with E-state index in [0.717, 1.165) is 35.9 Å². The molecule has 0 aromatic carbocycles. The average Bonchev–Trinajstić information content (AvgIpc) is 3.10. The number of nitrogens with zero attached hydrogens (tertiary/aromatic N) is 3. The van der Waals surface area contributed by atoms with Gasteiger partial charge in [-0.3, -0.25) is 9.88 Å². The molecule has 0 spiro atoms. The number of rotatable bonds is 5. The van der Waals surface area contributed by atoms with Crippen molar-refractivity contribution in [3.63, 3.8) is 0 Å². The standard InChI is InChI=1S/C21H30N4O2S/c1-15(23-20(26)27-21(2,3)4)18-10-6-8-12-25(18)13-16-14-28-19(24-16)17-9-5-7-11-22-17/h5,7,9,11,14-15,18H,6,8,10,12-13H2,1-4H3,(H,23,26). The number of ether oxygens (including phenoxy) is 1. The highest BCUT2D eigenvalue weighted by Gasteiger charge is 2.30. The first-order valence-electron chi connectivity index (χ1n) is 9.91. The van der Waals surface area contributed by atoms with Crippen molar-refractivity contribution in [3.05, 3.63) is 35.5 Å². The summed E-state index contributed by atoms with van der Waals surface area (Å²) in [5, 5.41) is 6.08. The third-order valence-electron chi connectivity index (χ3n) is 4.79. The Morgan fingerprint density at radius 1 is 1.39 bits per heavy atom. The molecular weight excluding hydrogens is 372 g/mol. The molecule has 1 fully saturated rings. The van der Waals surface area contributed by atoms with E-state index < -0.39 is 5.60 Å². The van der Waals surface area contributed by atoms with Crippen LogP contribution in [-0.4, -0.2) is 45.2 Å². The maximum absolute atomic E-state index is 12.2. The summed E-state index contributed by atoms with van der Waals surface area (Å²) in [5.74, 6) is 0. The lowest BCUT2D eigenvalue weighted by atomic mass is 9.96. The average molecular weight is 403 g/mol. The van der Waals surface area contributed by atoms with Crippen molar-refractivity contribution in [2.45, 2.75) is 71.2 Å². The first kappa shape index (κ1) is 20.7. The number of likely N-dealkylation sites (tertiary alicyclic amines) is 1. The molecule has 3 rings (SSSR count). The Balaban J connectivity index is 1.63. The summed E-state index contributed by atoms with van der Waals surface area (Å²) in [7, 11) is 0. The Kier molecular flexibility index (Phi) is 6.67. The van der Waals surface area contributed by atoms with E-state index in [1.807, 2.05) is 39.0 Å². The fourth-order valence-corrected chi connectivity index (χ4v) is 4.35. The summed E-state index contributed by atoms with van der Waals surface area (Å²) in [5.41, 5.74) is 1.48. The third-order valence-corrected chi connectivity index (χ3v) is 5.70. The molecule has 152 valence electrons. The maximum Gasteiger partial charge on any atom is 0.407 e. The van der Waals surface area contributed by atoms with Gasteiger partial charge < -0.3 is 10.1 Å². The maximum atomic E-state index is 12.2. The molecule has 0 bridgehead atoms. The zero-order chi connectivity index (χ0) is 20.1. The van der Waals surface area contributed by atoms with Crippen molar-refractivity contribution in [2.24, 2.45) is 0 Å². The van der Waals surface area contributed by atoms with Gasteiger partial charge in [0.25, 0.3) is 0 Å². The van der Waals surface area contributed by atoms with E-state index in [2.05, 4.69) is 27.5 Å². The molecule has 2 aromatic rings. The molecule has 6 nitrogen and oxygen atoms in total. The van der Waals surface area contributed by atoms with Crippen LogP contribution in [0.5, 0.6) is 0 Å². The van der Waals surface area contributed by atoms with Crippen molar-refractivity contribution in [2.75, 3.05) is 6.54 Å². The number of carbonyl (C=O) groups is 1. The van der Waals surface area contributed by atoms with Gasteiger partial charge in [-0.15, -0.1) is 11.3 Å². The highest BCUT2D eigenvalue weighted by atomic mass is 32.1. The minimum absolute atomic E-state index is 0.0176. The van der Waals surface area contributed by atoms with Crippen LogP contribution in [-0.2, 0) is 11.3 Å². The SMILES string of the molecule is CC(NC(=O)OC(C)(C)C)C1CCCCN1Cc1csc(-c2ccccn2)n1. The van der Waals surface area contributed by atoms with E-state index >= 15 is 0 Å². The summed E-state index contributed by atoms with van der Waals surface area (Å²) in [6.07, 6.45) is 4.86. The molecule has 1 aliphatic rings. The van der Waals surface area contributed by atoms with Crippen molar-refractivity contribution in [1.82, 2.24) is 20.2 Å². The Bertz CT molecular complexity index is 772. The van der Waals surface area contributed by atoms with E-state index in [-0.39, 0.29) is 18.2 Å². The van der Waals surface area contributed by atoms with Gasteiger partial charge in [-0.2, -0.15) is 0 Å².